The monoisotopic (exact) mass is 278 g/mol. The van der Waals surface area contributed by atoms with Crippen LogP contribution in [-0.4, -0.2) is 25.0 Å². The van der Waals surface area contributed by atoms with E-state index in [9.17, 15) is 9.59 Å². The fourth-order valence-electron chi connectivity index (χ4n) is 1.85. The minimum Gasteiger partial charge on any atom is -0.493 e. The van der Waals surface area contributed by atoms with Crippen molar-refractivity contribution in [3.8, 4) is 5.75 Å². The molecular formula is C16H22O4. The molecule has 0 fully saturated rings. The van der Waals surface area contributed by atoms with E-state index in [1.807, 2.05) is 12.1 Å². The van der Waals surface area contributed by atoms with E-state index in [-0.39, 0.29) is 11.8 Å². The Balaban J connectivity index is 2.22. The van der Waals surface area contributed by atoms with Crippen molar-refractivity contribution >= 4 is 11.8 Å². The zero-order valence-electron chi connectivity index (χ0n) is 12.2. The molecule has 0 aliphatic carbocycles. The summed E-state index contributed by atoms with van der Waals surface area (Å²) in [5.41, 5.74) is 0.610. The summed E-state index contributed by atoms with van der Waals surface area (Å²) >= 11 is 0. The second-order valence-corrected chi connectivity index (χ2v) is 4.52. The molecule has 0 bridgehead atoms. The van der Waals surface area contributed by atoms with Crippen molar-refractivity contribution in [2.75, 3.05) is 13.2 Å². The van der Waals surface area contributed by atoms with Gasteiger partial charge in [0.1, 0.15) is 5.75 Å². The molecular weight excluding hydrogens is 256 g/mol. The van der Waals surface area contributed by atoms with Crippen LogP contribution in [0.3, 0.4) is 0 Å². The van der Waals surface area contributed by atoms with Gasteiger partial charge in [0.05, 0.1) is 18.8 Å². The third-order valence-corrected chi connectivity index (χ3v) is 2.85. The molecule has 1 aromatic rings. The van der Waals surface area contributed by atoms with Gasteiger partial charge in [-0.05, 0) is 45.2 Å². The number of rotatable bonds is 9. The molecule has 4 heteroatoms. The molecule has 0 amide bonds. The topological polar surface area (TPSA) is 52.6 Å². The van der Waals surface area contributed by atoms with Gasteiger partial charge in [-0.25, -0.2) is 0 Å². The SMILES string of the molecule is CCOC(=O)CCCCCOc1ccccc1C(C)=O. The lowest BCUT2D eigenvalue weighted by molar-refractivity contribution is -0.143. The van der Waals surface area contributed by atoms with E-state index in [1.54, 1.807) is 19.1 Å². The molecule has 110 valence electrons. The number of carbonyl (C=O) groups excluding carboxylic acids is 2. The van der Waals surface area contributed by atoms with Crippen LogP contribution in [0.1, 0.15) is 49.9 Å². The van der Waals surface area contributed by atoms with E-state index in [0.29, 0.717) is 30.9 Å². The molecule has 0 radical (unpaired) electrons. The molecule has 0 N–H and O–H groups in total. The first kappa shape index (κ1) is 16.2. The molecule has 0 saturated heterocycles. The maximum absolute atomic E-state index is 11.4. The maximum Gasteiger partial charge on any atom is 0.305 e. The average Bonchev–Trinajstić information content (AvgIpc) is 2.43. The molecule has 1 rings (SSSR count). The normalized spacial score (nSPS) is 10.1. The number of hydrogen-bond acceptors (Lipinski definition) is 4. The van der Waals surface area contributed by atoms with E-state index in [2.05, 4.69) is 0 Å². The minimum absolute atomic E-state index is 0.00270. The van der Waals surface area contributed by atoms with E-state index < -0.39 is 0 Å². The van der Waals surface area contributed by atoms with Gasteiger partial charge >= 0.3 is 5.97 Å². The van der Waals surface area contributed by atoms with Crippen LogP contribution in [0.25, 0.3) is 0 Å². The van der Waals surface area contributed by atoms with Gasteiger partial charge in [-0.2, -0.15) is 0 Å². The van der Waals surface area contributed by atoms with Gasteiger partial charge in [0.15, 0.2) is 5.78 Å². The highest BCUT2D eigenvalue weighted by Gasteiger charge is 2.07. The van der Waals surface area contributed by atoms with Gasteiger partial charge in [-0.3, -0.25) is 9.59 Å². The second kappa shape index (κ2) is 9.13. The standard InChI is InChI=1S/C16H22O4/c1-3-19-16(18)11-5-4-8-12-20-15-10-7-6-9-14(15)13(2)17/h6-7,9-10H,3-5,8,11-12H2,1-2H3. The molecule has 1 aromatic carbocycles. The van der Waals surface area contributed by atoms with Crippen LogP contribution >= 0.6 is 0 Å². The molecule has 0 atom stereocenters. The van der Waals surface area contributed by atoms with Crippen molar-refractivity contribution < 1.29 is 19.1 Å². The summed E-state index contributed by atoms with van der Waals surface area (Å²) in [5, 5.41) is 0. The lowest BCUT2D eigenvalue weighted by Crippen LogP contribution is -2.05. The summed E-state index contributed by atoms with van der Waals surface area (Å²) in [7, 11) is 0. The zero-order valence-corrected chi connectivity index (χ0v) is 12.2. The fourth-order valence-corrected chi connectivity index (χ4v) is 1.85. The van der Waals surface area contributed by atoms with Crippen molar-refractivity contribution in [1.29, 1.82) is 0 Å². The Morgan fingerprint density at radius 3 is 2.55 bits per heavy atom. The van der Waals surface area contributed by atoms with Crippen LogP contribution in [0.15, 0.2) is 24.3 Å². The lowest BCUT2D eigenvalue weighted by atomic mass is 10.1. The van der Waals surface area contributed by atoms with Crippen LogP contribution in [-0.2, 0) is 9.53 Å². The molecule has 0 heterocycles. The number of esters is 1. The van der Waals surface area contributed by atoms with Crippen molar-refractivity contribution in [2.24, 2.45) is 0 Å². The van der Waals surface area contributed by atoms with E-state index in [4.69, 9.17) is 9.47 Å². The second-order valence-electron chi connectivity index (χ2n) is 4.52. The van der Waals surface area contributed by atoms with Gasteiger partial charge in [0.2, 0.25) is 0 Å². The Labute approximate surface area is 120 Å². The summed E-state index contributed by atoms with van der Waals surface area (Å²) in [6.45, 7) is 4.32. The number of para-hydroxylation sites is 1. The summed E-state index contributed by atoms with van der Waals surface area (Å²) < 4.78 is 10.5. The maximum atomic E-state index is 11.4. The van der Waals surface area contributed by atoms with Crippen molar-refractivity contribution in [3.63, 3.8) is 0 Å². The number of Topliss-reactive ketones (excluding diaryl/α,β-unsaturated/α-hetero) is 1. The van der Waals surface area contributed by atoms with Crippen LogP contribution in [0, 0.1) is 0 Å². The summed E-state index contributed by atoms with van der Waals surface area (Å²) in [4.78, 5) is 22.5. The molecule has 0 spiro atoms. The van der Waals surface area contributed by atoms with Crippen molar-refractivity contribution in [3.05, 3.63) is 29.8 Å². The van der Waals surface area contributed by atoms with Gasteiger partial charge in [0.25, 0.3) is 0 Å². The van der Waals surface area contributed by atoms with Crippen LogP contribution in [0.4, 0.5) is 0 Å². The first-order valence-corrected chi connectivity index (χ1v) is 7.03. The van der Waals surface area contributed by atoms with Crippen LogP contribution in [0.2, 0.25) is 0 Å². The van der Waals surface area contributed by atoms with Gasteiger partial charge in [0, 0.05) is 6.42 Å². The Morgan fingerprint density at radius 2 is 1.85 bits per heavy atom. The third kappa shape index (κ3) is 5.87. The number of benzene rings is 1. The first-order chi connectivity index (χ1) is 9.65. The fraction of sp³-hybridized carbons (Fsp3) is 0.500. The predicted molar refractivity (Wildman–Crippen MR) is 77.0 cm³/mol. The molecule has 0 aliphatic heterocycles. The minimum atomic E-state index is -0.143. The molecule has 0 aromatic heterocycles. The summed E-state index contributed by atoms with van der Waals surface area (Å²) in [6.07, 6.45) is 3.01. The predicted octanol–water partition coefficient (Wildman–Crippen LogP) is 3.39. The molecule has 0 unspecified atom stereocenters. The highest BCUT2D eigenvalue weighted by molar-refractivity contribution is 5.96. The molecule has 20 heavy (non-hydrogen) atoms. The average molecular weight is 278 g/mol. The number of carbonyl (C=O) groups is 2. The van der Waals surface area contributed by atoms with E-state index >= 15 is 0 Å². The highest BCUT2D eigenvalue weighted by Crippen LogP contribution is 2.18. The number of unbranched alkanes of at least 4 members (excludes halogenated alkanes) is 2. The van der Waals surface area contributed by atoms with Crippen molar-refractivity contribution in [2.45, 2.75) is 39.5 Å². The van der Waals surface area contributed by atoms with Gasteiger partial charge in [-0.1, -0.05) is 12.1 Å². The largest absolute Gasteiger partial charge is 0.493 e. The van der Waals surface area contributed by atoms with E-state index in [1.165, 1.54) is 6.92 Å². The quantitative estimate of drug-likeness (QED) is 0.395. The van der Waals surface area contributed by atoms with Crippen LogP contribution in [0.5, 0.6) is 5.75 Å². The molecule has 0 saturated carbocycles. The van der Waals surface area contributed by atoms with Gasteiger partial charge < -0.3 is 9.47 Å². The van der Waals surface area contributed by atoms with Crippen molar-refractivity contribution in [1.82, 2.24) is 0 Å². The number of ether oxygens (including phenoxy) is 2. The first-order valence-electron chi connectivity index (χ1n) is 7.03. The summed E-state index contributed by atoms with van der Waals surface area (Å²) in [6, 6.07) is 7.24. The number of hydrogen-bond donors (Lipinski definition) is 0. The third-order valence-electron chi connectivity index (χ3n) is 2.85. The van der Waals surface area contributed by atoms with E-state index in [0.717, 1.165) is 19.3 Å². The summed E-state index contributed by atoms with van der Waals surface area (Å²) in [5.74, 6) is 0.489. The molecule has 0 aliphatic rings. The Bertz CT molecular complexity index is 440. The Morgan fingerprint density at radius 1 is 1.10 bits per heavy atom. The zero-order chi connectivity index (χ0) is 14.8. The Hall–Kier alpha value is -1.84. The highest BCUT2D eigenvalue weighted by atomic mass is 16.5. The number of ketones is 1. The van der Waals surface area contributed by atoms with Gasteiger partial charge in [-0.15, -0.1) is 0 Å². The Kier molecular flexibility index (Phi) is 7.40. The molecule has 4 nitrogen and oxygen atoms in total. The van der Waals surface area contributed by atoms with Crippen LogP contribution < -0.4 is 4.74 Å². The lowest BCUT2D eigenvalue weighted by Gasteiger charge is -2.09. The smallest absolute Gasteiger partial charge is 0.305 e.